The van der Waals surface area contributed by atoms with E-state index in [0.29, 0.717) is 30.9 Å². The zero-order chi connectivity index (χ0) is 18.4. The van der Waals surface area contributed by atoms with Crippen LogP contribution in [0.5, 0.6) is 0 Å². The van der Waals surface area contributed by atoms with E-state index in [4.69, 9.17) is 9.15 Å². The van der Waals surface area contributed by atoms with Crippen molar-refractivity contribution in [3.05, 3.63) is 65.4 Å². The highest BCUT2D eigenvalue weighted by molar-refractivity contribution is 5.97. The molecule has 2 aromatic rings. The molecule has 0 saturated carbocycles. The maximum atomic E-state index is 13.7. The molecule has 1 amide bonds. The van der Waals surface area contributed by atoms with Crippen molar-refractivity contribution >= 4 is 12.0 Å². The average molecular weight is 358 g/mol. The van der Waals surface area contributed by atoms with Gasteiger partial charge in [-0.1, -0.05) is 18.2 Å². The summed E-state index contributed by atoms with van der Waals surface area (Å²) >= 11 is 0. The fourth-order valence-electron chi connectivity index (χ4n) is 3.00. The minimum atomic E-state index is -0.346. The Kier molecular flexibility index (Phi) is 6.20. The van der Waals surface area contributed by atoms with Gasteiger partial charge in [0.25, 0.3) is 0 Å². The first-order valence-corrected chi connectivity index (χ1v) is 8.71. The van der Waals surface area contributed by atoms with Gasteiger partial charge in [0.05, 0.1) is 25.5 Å². The number of hydrogen-bond donors (Lipinski definition) is 1. The maximum absolute atomic E-state index is 13.7. The number of nitrogens with zero attached hydrogens (tertiary/aromatic N) is 1. The quantitative estimate of drug-likeness (QED) is 0.807. The van der Waals surface area contributed by atoms with Crippen LogP contribution >= 0.6 is 0 Å². The topological polar surface area (TPSA) is 54.7 Å². The number of benzene rings is 1. The second-order valence-electron chi connectivity index (χ2n) is 6.24. The molecule has 2 heterocycles. The first kappa shape index (κ1) is 18.4. The molecule has 1 aromatic carbocycles. The van der Waals surface area contributed by atoms with E-state index in [9.17, 15) is 9.18 Å². The third kappa shape index (κ3) is 4.59. The molecule has 6 heteroatoms. The summed E-state index contributed by atoms with van der Waals surface area (Å²) in [4.78, 5) is 14.7. The van der Waals surface area contributed by atoms with Gasteiger partial charge in [0.2, 0.25) is 5.91 Å². The second-order valence-corrected chi connectivity index (χ2v) is 6.24. The van der Waals surface area contributed by atoms with Crippen molar-refractivity contribution in [2.45, 2.75) is 13.0 Å². The number of carbonyl (C=O) groups is 1. The van der Waals surface area contributed by atoms with Gasteiger partial charge in [-0.05, 0) is 31.2 Å². The second kappa shape index (κ2) is 8.78. The van der Waals surface area contributed by atoms with Gasteiger partial charge in [-0.15, -0.1) is 0 Å². The third-order valence-electron chi connectivity index (χ3n) is 4.45. The lowest BCUT2D eigenvalue weighted by atomic mass is 10.1. The molecule has 0 radical (unpaired) electrons. The van der Waals surface area contributed by atoms with Crippen LogP contribution in [0.4, 0.5) is 4.39 Å². The van der Waals surface area contributed by atoms with Crippen LogP contribution in [-0.2, 0) is 9.53 Å². The number of amides is 1. The van der Waals surface area contributed by atoms with E-state index >= 15 is 0 Å². The molecule has 26 heavy (non-hydrogen) atoms. The van der Waals surface area contributed by atoms with Gasteiger partial charge < -0.3 is 14.5 Å². The summed E-state index contributed by atoms with van der Waals surface area (Å²) in [7, 11) is 0. The van der Waals surface area contributed by atoms with Gasteiger partial charge in [0.1, 0.15) is 11.6 Å². The van der Waals surface area contributed by atoms with Gasteiger partial charge in [0, 0.05) is 30.8 Å². The summed E-state index contributed by atoms with van der Waals surface area (Å²) in [5.74, 6) is 0.238. The average Bonchev–Trinajstić information content (AvgIpc) is 3.19. The number of rotatable bonds is 6. The Balaban J connectivity index is 1.66. The number of carbonyl (C=O) groups excluding carboxylic acids is 1. The van der Waals surface area contributed by atoms with Crippen molar-refractivity contribution in [3.8, 4) is 0 Å². The van der Waals surface area contributed by atoms with Crippen LogP contribution in [-0.4, -0.2) is 43.7 Å². The Labute approximate surface area is 152 Å². The number of hydrogen-bond acceptors (Lipinski definition) is 4. The SMILES string of the molecule is C/C(=C\c1ccccc1F)C(=O)NCC(c1ccco1)N1CCOCC1. The van der Waals surface area contributed by atoms with Crippen LogP contribution in [0.1, 0.15) is 24.3 Å². The normalized spacial score (nSPS) is 17.1. The third-order valence-corrected chi connectivity index (χ3v) is 4.45. The zero-order valence-corrected chi connectivity index (χ0v) is 14.8. The van der Waals surface area contributed by atoms with Crippen molar-refractivity contribution < 1.29 is 18.3 Å². The standard InChI is InChI=1S/C20H23FN2O3/c1-15(13-16-5-2-3-6-17(16)21)20(24)22-14-18(19-7-4-10-26-19)23-8-11-25-12-9-23/h2-7,10,13,18H,8-9,11-12,14H2,1H3,(H,22,24)/b15-13+. The van der Waals surface area contributed by atoms with Gasteiger partial charge >= 0.3 is 0 Å². The first-order chi connectivity index (χ1) is 12.6. The molecule has 1 N–H and O–H groups in total. The van der Waals surface area contributed by atoms with Crippen molar-refractivity contribution in [1.29, 1.82) is 0 Å². The highest BCUT2D eigenvalue weighted by Gasteiger charge is 2.25. The Morgan fingerprint density at radius 1 is 1.27 bits per heavy atom. The Hall–Kier alpha value is -2.44. The molecule has 3 rings (SSSR count). The minimum absolute atomic E-state index is 0.0564. The number of halogens is 1. The fourth-order valence-corrected chi connectivity index (χ4v) is 3.00. The molecule has 1 aliphatic rings. The number of nitrogens with one attached hydrogen (secondary N) is 1. The fraction of sp³-hybridized carbons (Fsp3) is 0.350. The zero-order valence-electron chi connectivity index (χ0n) is 14.8. The molecule has 0 aliphatic carbocycles. The van der Waals surface area contributed by atoms with E-state index in [-0.39, 0.29) is 17.8 Å². The lowest BCUT2D eigenvalue weighted by Crippen LogP contribution is -2.43. The van der Waals surface area contributed by atoms with Crippen molar-refractivity contribution in [3.63, 3.8) is 0 Å². The molecular weight excluding hydrogens is 335 g/mol. The molecule has 0 bridgehead atoms. The van der Waals surface area contributed by atoms with Gasteiger partial charge in [0.15, 0.2) is 0 Å². The van der Waals surface area contributed by atoms with Crippen LogP contribution < -0.4 is 5.32 Å². The van der Waals surface area contributed by atoms with E-state index in [0.717, 1.165) is 18.8 Å². The lowest BCUT2D eigenvalue weighted by molar-refractivity contribution is -0.117. The van der Waals surface area contributed by atoms with Gasteiger partial charge in [-0.25, -0.2) is 4.39 Å². The summed E-state index contributed by atoms with van der Waals surface area (Å²) in [6.45, 7) is 4.98. The minimum Gasteiger partial charge on any atom is -0.468 e. The summed E-state index contributed by atoms with van der Waals surface area (Å²) < 4.78 is 24.7. The van der Waals surface area contributed by atoms with E-state index < -0.39 is 0 Å². The first-order valence-electron chi connectivity index (χ1n) is 8.71. The van der Waals surface area contributed by atoms with Crippen LogP contribution in [0.3, 0.4) is 0 Å². The predicted molar refractivity (Wildman–Crippen MR) is 96.9 cm³/mol. The molecule has 138 valence electrons. The molecule has 1 unspecified atom stereocenters. The number of morpholine rings is 1. The van der Waals surface area contributed by atoms with Crippen LogP contribution in [0.2, 0.25) is 0 Å². The van der Waals surface area contributed by atoms with E-state index in [1.165, 1.54) is 6.07 Å². The molecule has 1 atom stereocenters. The van der Waals surface area contributed by atoms with Crippen molar-refractivity contribution in [1.82, 2.24) is 10.2 Å². The summed E-state index contributed by atoms with van der Waals surface area (Å²) in [6.07, 6.45) is 3.19. The number of ether oxygens (including phenoxy) is 1. The summed E-state index contributed by atoms with van der Waals surface area (Å²) in [5.41, 5.74) is 0.853. The Morgan fingerprint density at radius 2 is 2.04 bits per heavy atom. The molecule has 0 spiro atoms. The highest BCUT2D eigenvalue weighted by atomic mass is 19.1. The van der Waals surface area contributed by atoms with Gasteiger partial charge in [-0.2, -0.15) is 0 Å². The van der Waals surface area contributed by atoms with Crippen molar-refractivity contribution in [2.24, 2.45) is 0 Å². The monoisotopic (exact) mass is 358 g/mol. The van der Waals surface area contributed by atoms with Crippen LogP contribution in [0.25, 0.3) is 6.08 Å². The van der Waals surface area contributed by atoms with E-state index in [1.54, 1.807) is 37.5 Å². The van der Waals surface area contributed by atoms with Crippen LogP contribution in [0, 0.1) is 5.82 Å². The summed E-state index contributed by atoms with van der Waals surface area (Å²) in [6, 6.07) is 10.1. The molecule has 1 saturated heterocycles. The lowest BCUT2D eigenvalue weighted by Gasteiger charge is -2.33. The predicted octanol–water partition coefficient (Wildman–Crippen LogP) is 3.01. The van der Waals surface area contributed by atoms with Crippen LogP contribution in [0.15, 0.2) is 52.7 Å². The Bertz CT molecular complexity index is 752. The van der Waals surface area contributed by atoms with E-state index in [1.807, 2.05) is 12.1 Å². The number of furan rings is 1. The molecule has 1 aliphatic heterocycles. The highest BCUT2D eigenvalue weighted by Crippen LogP contribution is 2.22. The Morgan fingerprint density at radius 3 is 2.73 bits per heavy atom. The molecular formula is C20H23FN2O3. The van der Waals surface area contributed by atoms with Crippen molar-refractivity contribution in [2.75, 3.05) is 32.8 Å². The maximum Gasteiger partial charge on any atom is 0.247 e. The van der Waals surface area contributed by atoms with E-state index in [2.05, 4.69) is 10.2 Å². The molecule has 5 nitrogen and oxygen atoms in total. The molecule has 1 aromatic heterocycles. The van der Waals surface area contributed by atoms with Gasteiger partial charge in [-0.3, -0.25) is 9.69 Å². The smallest absolute Gasteiger partial charge is 0.247 e. The summed E-state index contributed by atoms with van der Waals surface area (Å²) in [5, 5.41) is 2.94. The largest absolute Gasteiger partial charge is 0.468 e. The molecule has 1 fully saturated rings.